The molecule has 3 aromatic carbocycles. The minimum absolute atomic E-state index is 0.00517. The lowest BCUT2D eigenvalue weighted by atomic mass is 9.94. The molecule has 0 radical (unpaired) electrons. The van der Waals surface area contributed by atoms with Gasteiger partial charge in [-0.1, -0.05) is 37.6 Å². The lowest BCUT2D eigenvalue weighted by Gasteiger charge is -2.27. The van der Waals surface area contributed by atoms with E-state index in [1.807, 2.05) is 0 Å². The van der Waals surface area contributed by atoms with E-state index >= 15 is 0 Å². The summed E-state index contributed by atoms with van der Waals surface area (Å²) < 4.78 is 16.8. The van der Waals surface area contributed by atoms with E-state index in [9.17, 15) is 14.7 Å². The first-order valence-corrected chi connectivity index (χ1v) is 12.5. The Bertz CT molecular complexity index is 1540. The van der Waals surface area contributed by atoms with Crippen LogP contribution in [0.5, 0.6) is 11.5 Å². The van der Waals surface area contributed by atoms with Crippen LogP contribution in [0.1, 0.15) is 36.0 Å². The topological polar surface area (TPSA) is 89.2 Å². The zero-order valence-electron chi connectivity index (χ0n) is 21.1. The van der Waals surface area contributed by atoms with Crippen molar-refractivity contribution < 1.29 is 28.6 Å². The number of carbonyl (C=O) groups excluding carboxylic acids is 2. The zero-order chi connectivity index (χ0) is 27.0. The molecule has 1 atom stereocenters. The SMILES string of the molecule is COc1ccc(C2C(C(=O)c3cc4cc(Cl)ccc4o3)=C(O)C(=O)N2c2ccc(OCC(C)C)cc2)cc1. The number of nitrogens with zero attached hydrogens (tertiary/aromatic N) is 1. The van der Waals surface area contributed by atoms with Gasteiger partial charge in [-0.2, -0.15) is 0 Å². The number of aliphatic hydroxyl groups is 1. The summed E-state index contributed by atoms with van der Waals surface area (Å²) in [5, 5.41) is 12.2. The van der Waals surface area contributed by atoms with Gasteiger partial charge >= 0.3 is 0 Å². The molecule has 8 heteroatoms. The number of aliphatic hydroxyl groups excluding tert-OH is 1. The van der Waals surface area contributed by atoms with Gasteiger partial charge in [0.1, 0.15) is 17.1 Å². The molecule has 0 fully saturated rings. The van der Waals surface area contributed by atoms with Gasteiger partial charge in [0.25, 0.3) is 5.91 Å². The second-order valence-electron chi connectivity index (χ2n) is 9.43. The zero-order valence-corrected chi connectivity index (χ0v) is 21.9. The van der Waals surface area contributed by atoms with Crippen molar-refractivity contribution in [3.05, 3.63) is 100 Å². The number of hydrogen-bond donors (Lipinski definition) is 1. The number of ketones is 1. The van der Waals surface area contributed by atoms with E-state index in [0.717, 1.165) is 0 Å². The Balaban J connectivity index is 1.57. The van der Waals surface area contributed by atoms with Crippen LogP contribution in [0.2, 0.25) is 5.02 Å². The van der Waals surface area contributed by atoms with Crippen LogP contribution in [0.3, 0.4) is 0 Å². The van der Waals surface area contributed by atoms with Gasteiger partial charge in [0.15, 0.2) is 11.5 Å². The Morgan fingerprint density at radius 1 is 1.03 bits per heavy atom. The standard InChI is InChI=1S/C30H26ClNO6/c1-17(2)16-37-23-11-7-21(8-12-23)32-27(18-4-9-22(36-3)10-5-18)26(29(34)30(32)35)28(33)25-15-19-14-20(31)6-13-24(19)38-25/h4-15,17,27,34H,16H2,1-3H3. The van der Waals surface area contributed by atoms with Crippen LogP contribution in [0.15, 0.2) is 88.5 Å². The molecule has 1 aliphatic heterocycles. The van der Waals surface area contributed by atoms with Gasteiger partial charge in [-0.3, -0.25) is 14.5 Å². The van der Waals surface area contributed by atoms with Crippen LogP contribution in [0.25, 0.3) is 11.0 Å². The molecule has 194 valence electrons. The highest BCUT2D eigenvalue weighted by atomic mass is 35.5. The number of benzene rings is 3. The van der Waals surface area contributed by atoms with Crippen molar-refractivity contribution in [2.75, 3.05) is 18.6 Å². The van der Waals surface area contributed by atoms with Crippen LogP contribution >= 0.6 is 11.6 Å². The molecule has 1 aromatic heterocycles. The predicted molar refractivity (Wildman–Crippen MR) is 145 cm³/mol. The molecular formula is C30H26ClNO6. The first-order valence-electron chi connectivity index (χ1n) is 12.1. The number of carbonyl (C=O) groups is 2. The molecule has 1 aliphatic rings. The Labute approximate surface area is 224 Å². The highest BCUT2D eigenvalue weighted by Gasteiger charge is 2.45. The van der Waals surface area contributed by atoms with Crippen LogP contribution in [-0.4, -0.2) is 30.5 Å². The second kappa shape index (κ2) is 10.3. The molecule has 5 rings (SSSR count). The monoisotopic (exact) mass is 531 g/mol. The molecule has 2 heterocycles. The Morgan fingerprint density at radius 2 is 1.71 bits per heavy atom. The maximum absolute atomic E-state index is 13.8. The maximum atomic E-state index is 13.8. The fourth-order valence-electron chi connectivity index (χ4n) is 4.43. The van der Waals surface area contributed by atoms with Crippen molar-refractivity contribution in [2.45, 2.75) is 19.9 Å². The summed E-state index contributed by atoms with van der Waals surface area (Å²) in [6.45, 7) is 4.67. The highest BCUT2D eigenvalue weighted by molar-refractivity contribution is 6.31. The van der Waals surface area contributed by atoms with E-state index in [1.165, 1.54) is 4.90 Å². The first-order chi connectivity index (χ1) is 18.3. The van der Waals surface area contributed by atoms with E-state index < -0.39 is 23.5 Å². The van der Waals surface area contributed by atoms with Crippen LogP contribution in [0.4, 0.5) is 5.69 Å². The van der Waals surface area contributed by atoms with Crippen LogP contribution in [0, 0.1) is 5.92 Å². The number of halogens is 1. The van der Waals surface area contributed by atoms with Crippen molar-refractivity contribution in [1.82, 2.24) is 0 Å². The summed E-state index contributed by atoms with van der Waals surface area (Å²) in [6.07, 6.45) is 0. The molecule has 0 bridgehead atoms. The van der Waals surface area contributed by atoms with E-state index in [-0.39, 0.29) is 11.3 Å². The molecule has 0 spiro atoms. The number of ether oxygens (including phenoxy) is 2. The predicted octanol–water partition coefficient (Wildman–Crippen LogP) is 6.91. The molecule has 38 heavy (non-hydrogen) atoms. The highest BCUT2D eigenvalue weighted by Crippen LogP contribution is 2.43. The second-order valence-corrected chi connectivity index (χ2v) is 9.87. The summed E-state index contributed by atoms with van der Waals surface area (Å²) >= 11 is 6.09. The van der Waals surface area contributed by atoms with Crippen molar-refractivity contribution in [3.63, 3.8) is 0 Å². The number of fused-ring (bicyclic) bond motifs is 1. The minimum atomic E-state index is -0.903. The lowest BCUT2D eigenvalue weighted by molar-refractivity contribution is -0.117. The minimum Gasteiger partial charge on any atom is -0.503 e. The summed E-state index contributed by atoms with van der Waals surface area (Å²) in [4.78, 5) is 28.6. The van der Waals surface area contributed by atoms with Crippen molar-refractivity contribution in [3.8, 4) is 11.5 Å². The molecule has 1 N–H and O–H groups in total. The molecule has 0 saturated carbocycles. The molecule has 7 nitrogen and oxygen atoms in total. The number of methoxy groups -OCH3 is 1. The Kier molecular flexibility index (Phi) is 6.87. The van der Waals surface area contributed by atoms with Gasteiger partial charge < -0.3 is 19.0 Å². The van der Waals surface area contributed by atoms with E-state index in [4.69, 9.17) is 25.5 Å². The lowest BCUT2D eigenvalue weighted by Crippen LogP contribution is -2.31. The molecule has 0 saturated heterocycles. The number of rotatable bonds is 8. The van der Waals surface area contributed by atoms with Gasteiger partial charge in [0, 0.05) is 16.1 Å². The van der Waals surface area contributed by atoms with E-state index in [2.05, 4.69) is 13.8 Å². The van der Waals surface area contributed by atoms with Gasteiger partial charge in [-0.15, -0.1) is 0 Å². The number of hydrogen-bond acceptors (Lipinski definition) is 6. The number of anilines is 1. The van der Waals surface area contributed by atoms with Gasteiger partial charge in [-0.05, 0) is 72.1 Å². The number of amides is 1. The largest absolute Gasteiger partial charge is 0.503 e. The molecule has 1 unspecified atom stereocenters. The summed E-state index contributed by atoms with van der Waals surface area (Å²) in [5.74, 6) is -0.286. The Morgan fingerprint density at radius 3 is 2.37 bits per heavy atom. The number of Topliss-reactive ketones (excluding diaryl/α,β-unsaturated/α-hetero) is 1. The van der Waals surface area contributed by atoms with Crippen LogP contribution < -0.4 is 14.4 Å². The van der Waals surface area contributed by atoms with Gasteiger partial charge in [0.05, 0.1) is 25.3 Å². The third-order valence-electron chi connectivity index (χ3n) is 6.28. The average Bonchev–Trinajstić information content (AvgIpc) is 3.45. The van der Waals surface area contributed by atoms with Crippen molar-refractivity contribution in [1.29, 1.82) is 0 Å². The fraction of sp³-hybridized carbons (Fsp3) is 0.200. The molecule has 0 aliphatic carbocycles. The van der Waals surface area contributed by atoms with Gasteiger partial charge in [0.2, 0.25) is 5.78 Å². The fourth-order valence-corrected chi connectivity index (χ4v) is 4.61. The average molecular weight is 532 g/mol. The van der Waals surface area contributed by atoms with E-state index in [0.29, 0.717) is 51.3 Å². The summed E-state index contributed by atoms with van der Waals surface area (Å²) in [7, 11) is 1.55. The molecule has 4 aromatic rings. The van der Waals surface area contributed by atoms with Gasteiger partial charge in [-0.25, -0.2) is 0 Å². The number of furan rings is 1. The third kappa shape index (κ3) is 4.73. The third-order valence-corrected chi connectivity index (χ3v) is 6.52. The first kappa shape index (κ1) is 25.4. The quantitative estimate of drug-likeness (QED) is 0.248. The Hall–Kier alpha value is -4.23. The smallest absolute Gasteiger partial charge is 0.294 e. The summed E-state index contributed by atoms with van der Waals surface area (Å²) in [6, 6.07) is 19.6. The maximum Gasteiger partial charge on any atom is 0.294 e. The van der Waals surface area contributed by atoms with Crippen molar-refractivity contribution >= 4 is 39.9 Å². The normalized spacial score (nSPS) is 15.6. The van der Waals surface area contributed by atoms with Crippen LogP contribution in [-0.2, 0) is 4.79 Å². The molecular weight excluding hydrogens is 506 g/mol. The summed E-state index contributed by atoms with van der Waals surface area (Å²) in [5.41, 5.74) is 1.51. The molecule has 1 amide bonds. The van der Waals surface area contributed by atoms with E-state index in [1.54, 1.807) is 79.9 Å². The van der Waals surface area contributed by atoms with Crippen molar-refractivity contribution in [2.24, 2.45) is 5.92 Å².